The van der Waals surface area contributed by atoms with Gasteiger partial charge in [-0.25, -0.2) is 4.98 Å². The first-order valence-electron chi connectivity index (χ1n) is 10.2. The molecule has 0 N–H and O–H groups in total. The van der Waals surface area contributed by atoms with Gasteiger partial charge in [0, 0.05) is 13.5 Å². The lowest BCUT2D eigenvalue weighted by Gasteiger charge is -2.08. The summed E-state index contributed by atoms with van der Waals surface area (Å²) in [6, 6.07) is 14.5. The van der Waals surface area contributed by atoms with Crippen molar-refractivity contribution in [3.63, 3.8) is 0 Å². The van der Waals surface area contributed by atoms with E-state index in [-0.39, 0.29) is 30.9 Å². The Balaban J connectivity index is 1.37. The monoisotopic (exact) mass is 434 g/mol. The van der Waals surface area contributed by atoms with Crippen molar-refractivity contribution in [3.8, 4) is 17.1 Å². The smallest absolute Gasteiger partial charge is 0.306 e. The van der Waals surface area contributed by atoms with E-state index in [0.29, 0.717) is 40.5 Å². The van der Waals surface area contributed by atoms with Crippen molar-refractivity contribution in [1.82, 2.24) is 19.7 Å². The highest BCUT2D eigenvalue weighted by Crippen LogP contribution is 2.27. The first-order valence-corrected chi connectivity index (χ1v) is 10.2. The maximum Gasteiger partial charge on any atom is 0.306 e. The molecule has 0 spiro atoms. The summed E-state index contributed by atoms with van der Waals surface area (Å²) in [7, 11) is 1.64. The van der Waals surface area contributed by atoms with Crippen LogP contribution in [0.4, 0.5) is 0 Å². The van der Waals surface area contributed by atoms with Gasteiger partial charge in [-0.15, -0.1) is 0 Å². The Kier molecular flexibility index (Phi) is 6.25. The molecule has 0 aliphatic carbocycles. The molecule has 0 radical (unpaired) electrons. The van der Waals surface area contributed by atoms with Crippen molar-refractivity contribution in [1.29, 1.82) is 0 Å². The first-order chi connectivity index (χ1) is 15.6. The Hall–Kier alpha value is -4.01. The van der Waals surface area contributed by atoms with E-state index in [1.54, 1.807) is 25.2 Å². The number of hydrogen-bond donors (Lipinski definition) is 0. The largest absolute Gasteiger partial charge is 0.493 e. The van der Waals surface area contributed by atoms with Crippen LogP contribution in [-0.2, 0) is 29.6 Å². The molecular weight excluding hydrogens is 412 g/mol. The standard InChI is InChI=1S/C23H22N4O5/c1-3-30-18-11-7-5-9-16(18)22-25-20(32-26-22)14-31-21(28)13-12-19-24-17-10-6-4-8-15(17)23(29)27(19)2/h4-11H,3,12-14H2,1-2H3. The van der Waals surface area contributed by atoms with Gasteiger partial charge in [0.05, 0.1) is 29.5 Å². The van der Waals surface area contributed by atoms with E-state index in [9.17, 15) is 9.59 Å². The van der Waals surface area contributed by atoms with Gasteiger partial charge in [-0.1, -0.05) is 29.4 Å². The number of carbonyl (C=O) groups excluding carboxylic acids is 1. The minimum atomic E-state index is -0.457. The highest BCUT2D eigenvalue weighted by Gasteiger charge is 2.15. The molecule has 0 aliphatic heterocycles. The number of rotatable bonds is 8. The van der Waals surface area contributed by atoms with Gasteiger partial charge in [-0.05, 0) is 31.2 Å². The molecule has 0 fully saturated rings. The maximum atomic E-state index is 12.5. The number of aryl methyl sites for hydroxylation is 1. The summed E-state index contributed by atoms with van der Waals surface area (Å²) in [5, 5.41) is 4.49. The minimum Gasteiger partial charge on any atom is -0.493 e. The Morgan fingerprint density at radius 3 is 2.72 bits per heavy atom. The predicted molar refractivity (Wildman–Crippen MR) is 116 cm³/mol. The normalized spacial score (nSPS) is 10.9. The predicted octanol–water partition coefficient (Wildman–Crippen LogP) is 3.06. The third-order valence-corrected chi connectivity index (χ3v) is 4.88. The second-order valence-electron chi connectivity index (χ2n) is 7.01. The topological polar surface area (TPSA) is 109 Å². The van der Waals surface area contributed by atoms with Crippen LogP contribution in [-0.4, -0.2) is 32.3 Å². The second kappa shape index (κ2) is 9.42. The average Bonchev–Trinajstić information content (AvgIpc) is 3.28. The van der Waals surface area contributed by atoms with Gasteiger partial charge in [-0.2, -0.15) is 4.98 Å². The SMILES string of the molecule is CCOc1ccccc1-c1noc(COC(=O)CCc2nc3ccccc3c(=O)n2C)n1. The fraction of sp³-hybridized carbons (Fsp3) is 0.261. The van der Waals surface area contributed by atoms with E-state index < -0.39 is 5.97 Å². The molecule has 4 aromatic rings. The number of hydrogen-bond acceptors (Lipinski definition) is 8. The molecule has 0 saturated carbocycles. The molecule has 0 aliphatic rings. The fourth-order valence-corrected chi connectivity index (χ4v) is 3.27. The van der Waals surface area contributed by atoms with E-state index in [0.717, 1.165) is 0 Å². The molecule has 32 heavy (non-hydrogen) atoms. The van der Waals surface area contributed by atoms with Crippen molar-refractivity contribution < 1.29 is 18.8 Å². The summed E-state index contributed by atoms with van der Waals surface area (Å²) >= 11 is 0. The van der Waals surface area contributed by atoms with Crippen molar-refractivity contribution in [2.24, 2.45) is 7.05 Å². The zero-order chi connectivity index (χ0) is 22.5. The van der Waals surface area contributed by atoms with Crippen LogP contribution in [0.2, 0.25) is 0 Å². The van der Waals surface area contributed by atoms with Gasteiger partial charge >= 0.3 is 5.97 Å². The summed E-state index contributed by atoms with van der Waals surface area (Å²) in [5.41, 5.74) is 1.15. The fourth-order valence-electron chi connectivity index (χ4n) is 3.27. The van der Waals surface area contributed by atoms with Crippen LogP contribution in [0.3, 0.4) is 0 Å². The Labute approximate surface area is 183 Å². The summed E-state index contributed by atoms with van der Waals surface area (Å²) in [6.07, 6.45) is 0.332. The molecule has 0 saturated heterocycles. The molecule has 0 amide bonds. The lowest BCUT2D eigenvalue weighted by Crippen LogP contribution is -2.23. The lowest BCUT2D eigenvalue weighted by molar-refractivity contribution is -0.145. The van der Waals surface area contributed by atoms with Crippen LogP contribution in [0, 0.1) is 0 Å². The van der Waals surface area contributed by atoms with E-state index in [1.165, 1.54) is 4.57 Å². The number of para-hydroxylation sites is 2. The first kappa shape index (κ1) is 21.2. The average molecular weight is 434 g/mol. The molecule has 9 heteroatoms. The maximum absolute atomic E-state index is 12.5. The molecule has 0 atom stereocenters. The zero-order valence-electron chi connectivity index (χ0n) is 17.8. The quantitative estimate of drug-likeness (QED) is 0.389. The van der Waals surface area contributed by atoms with Crippen molar-refractivity contribution in [3.05, 3.63) is 70.6 Å². The van der Waals surface area contributed by atoms with Crippen LogP contribution in [0.15, 0.2) is 57.8 Å². The summed E-state index contributed by atoms with van der Waals surface area (Å²) in [6.45, 7) is 2.26. The van der Waals surface area contributed by atoms with E-state index >= 15 is 0 Å². The van der Waals surface area contributed by atoms with Gasteiger partial charge in [0.25, 0.3) is 11.4 Å². The third-order valence-electron chi connectivity index (χ3n) is 4.88. The Morgan fingerprint density at radius 2 is 1.88 bits per heavy atom. The number of nitrogens with zero attached hydrogens (tertiary/aromatic N) is 4. The van der Waals surface area contributed by atoms with Gasteiger partial charge in [0.2, 0.25) is 5.82 Å². The molecule has 2 aromatic carbocycles. The highest BCUT2D eigenvalue weighted by atomic mass is 16.6. The van der Waals surface area contributed by atoms with Gasteiger partial charge in [0.15, 0.2) is 6.61 Å². The summed E-state index contributed by atoms with van der Waals surface area (Å²) in [5.74, 6) is 1.24. The van der Waals surface area contributed by atoms with Crippen LogP contribution in [0.5, 0.6) is 5.75 Å². The molecule has 2 heterocycles. The molecule has 164 valence electrons. The molecule has 0 unspecified atom stereocenters. The van der Waals surface area contributed by atoms with Crippen molar-refractivity contribution in [2.45, 2.75) is 26.4 Å². The number of fused-ring (bicyclic) bond motifs is 1. The lowest BCUT2D eigenvalue weighted by atomic mass is 10.2. The number of esters is 1. The summed E-state index contributed by atoms with van der Waals surface area (Å²) < 4.78 is 17.5. The van der Waals surface area contributed by atoms with Gasteiger partial charge in [0.1, 0.15) is 11.6 Å². The third kappa shape index (κ3) is 4.51. The summed E-state index contributed by atoms with van der Waals surface area (Å²) in [4.78, 5) is 33.4. The molecule has 2 aromatic heterocycles. The van der Waals surface area contributed by atoms with Crippen LogP contribution < -0.4 is 10.3 Å². The minimum absolute atomic E-state index is 0.0623. The van der Waals surface area contributed by atoms with Crippen LogP contribution in [0.25, 0.3) is 22.3 Å². The molecule has 4 rings (SSSR count). The van der Waals surface area contributed by atoms with Crippen molar-refractivity contribution in [2.75, 3.05) is 6.61 Å². The Morgan fingerprint density at radius 1 is 1.09 bits per heavy atom. The molecule has 0 bridgehead atoms. The van der Waals surface area contributed by atoms with Crippen LogP contribution in [0.1, 0.15) is 25.1 Å². The number of aromatic nitrogens is 4. The van der Waals surface area contributed by atoms with Gasteiger partial charge < -0.3 is 14.0 Å². The number of benzene rings is 2. The molecule has 9 nitrogen and oxygen atoms in total. The van der Waals surface area contributed by atoms with Crippen LogP contribution >= 0.6 is 0 Å². The highest BCUT2D eigenvalue weighted by molar-refractivity contribution is 5.77. The second-order valence-corrected chi connectivity index (χ2v) is 7.01. The Bertz CT molecular complexity index is 1310. The number of carbonyl (C=O) groups is 1. The molecular formula is C23H22N4O5. The van der Waals surface area contributed by atoms with E-state index in [4.69, 9.17) is 14.0 Å². The zero-order valence-corrected chi connectivity index (χ0v) is 17.8. The van der Waals surface area contributed by atoms with Gasteiger partial charge in [-0.3, -0.25) is 14.2 Å². The van der Waals surface area contributed by atoms with E-state index in [1.807, 2.05) is 37.3 Å². The van der Waals surface area contributed by atoms with E-state index in [2.05, 4.69) is 15.1 Å². The van der Waals surface area contributed by atoms with Crippen molar-refractivity contribution >= 4 is 16.9 Å². The number of ether oxygens (including phenoxy) is 2.